The van der Waals surface area contributed by atoms with E-state index in [1.165, 1.54) is 89.3 Å². The van der Waals surface area contributed by atoms with Crippen LogP contribution in [0, 0.1) is 0 Å². The largest absolute Gasteiger partial charge is 0.310 e. The number of benzene rings is 9. The minimum atomic E-state index is 0.148. The third-order valence-electron chi connectivity index (χ3n) is 12.5. The van der Waals surface area contributed by atoms with Gasteiger partial charge in [-0.15, -0.1) is 0 Å². The van der Waals surface area contributed by atoms with Crippen molar-refractivity contribution in [2.24, 2.45) is 0 Å². The predicted molar refractivity (Wildman–Crippen MR) is 237 cm³/mol. The van der Waals surface area contributed by atoms with Crippen molar-refractivity contribution in [3.8, 4) is 22.3 Å². The molecule has 1 aliphatic carbocycles. The van der Waals surface area contributed by atoms with E-state index in [-0.39, 0.29) is 10.8 Å². The molecule has 0 heterocycles. The lowest BCUT2D eigenvalue weighted by Crippen LogP contribution is -2.33. The van der Waals surface area contributed by atoms with E-state index in [9.17, 15) is 0 Å². The van der Waals surface area contributed by atoms with Gasteiger partial charge in [-0.25, -0.2) is 0 Å². The van der Waals surface area contributed by atoms with E-state index in [0.29, 0.717) is 0 Å². The third-order valence-corrected chi connectivity index (χ3v) is 12.5. The number of fused-ring (bicyclic) bond motifs is 8. The second-order valence-corrected chi connectivity index (χ2v) is 16.8. The Hall–Kier alpha value is -6.18. The average molecular weight is 708 g/mol. The predicted octanol–water partition coefficient (Wildman–Crippen LogP) is 15.5. The number of nitrogens with zero attached hydrogens (tertiary/aromatic N) is 1. The molecule has 9 aromatic rings. The van der Waals surface area contributed by atoms with Gasteiger partial charge in [-0.1, -0.05) is 155 Å². The van der Waals surface area contributed by atoms with Crippen LogP contribution in [0.2, 0.25) is 0 Å². The molecule has 9 aromatic carbocycles. The molecule has 0 aliphatic heterocycles. The zero-order valence-electron chi connectivity index (χ0n) is 32.1. The first-order chi connectivity index (χ1) is 26.7. The highest BCUT2D eigenvalue weighted by atomic mass is 15.1. The first kappa shape index (κ1) is 33.4. The van der Waals surface area contributed by atoms with Crippen molar-refractivity contribution in [2.75, 3.05) is 4.90 Å². The molecule has 0 fully saturated rings. The maximum Gasteiger partial charge on any atom is 0.0467 e. The van der Waals surface area contributed by atoms with Gasteiger partial charge in [0, 0.05) is 17.1 Å². The fraction of sp³-hybridized carbons (Fsp3) is 0.148. The Balaban J connectivity index is 1.11. The highest BCUT2D eigenvalue weighted by Crippen LogP contribution is 2.48. The van der Waals surface area contributed by atoms with E-state index >= 15 is 0 Å². The number of hydrogen-bond donors (Lipinski definition) is 0. The topological polar surface area (TPSA) is 3.24 Å². The quantitative estimate of drug-likeness (QED) is 0.161. The van der Waals surface area contributed by atoms with E-state index in [1.807, 2.05) is 0 Å². The molecule has 0 radical (unpaired) electrons. The van der Waals surface area contributed by atoms with Gasteiger partial charge < -0.3 is 4.90 Å². The van der Waals surface area contributed by atoms with E-state index < -0.39 is 0 Å². The van der Waals surface area contributed by atoms with Gasteiger partial charge in [-0.05, 0) is 149 Å². The molecule has 0 saturated carbocycles. The number of anilines is 3. The zero-order valence-corrected chi connectivity index (χ0v) is 32.1. The van der Waals surface area contributed by atoms with Crippen molar-refractivity contribution >= 4 is 60.2 Å². The van der Waals surface area contributed by atoms with Gasteiger partial charge in [0.2, 0.25) is 0 Å². The molecule has 1 aliphatic rings. The normalized spacial score (nSPS) is 14.7. The van der Waals surface area contributed by atoms with E-state index in [1.54, 1.807) is 0 Å². The van der Waals surface area contributed by atoms with Gasteiger partial charge in [0.15, 0.2) is 0 Å². The Morgan fingerprint density at radius 3 is 1.49 bits per heavy atom. The summed E-state index contributed by atoms with van der Waals surface area (Å²) in [5.74, 6) is 0. The van der Waals surface area contributed by atoms with E-state index in [2.05, 4.69) is 209 Å². The van der Waals surface area contributed by atoms with Crippen LogP contribution in [0.5, 0.6) is 0 Å². The van der Waals surface area contributed by atoms with Gasteiger partial charge in [0.1, 0.15) is 0 Å². The van der Waals surface area contributed by atoms with Gasteiger partial charge >= 0.3 is 0 Å². The van der Waals surface area contributed by atoms with Gasteiger partial charge in [-0.2, -0.15) is 0 Å². The summed E-state index contributed by atoms with van der Waals surface area (Å²) < 4.78 is 0. The van der Waals surface area contributed by atoms with Crippen LogP contribution in [0.1, 0.15) is 51.7 Å². The Bertz CT molecular complexity index is 2900. The molecule has 266 valence electrons. The number of hydrogen-bond acceptors (Lipinski definition) is 1. The zero-order chi connectivity index (χ0) is 37.3. The second-order valence-electron chi connectivity index (χ2n) is 16.8. The minimum Gasteiger partial charge on any atom is -0.310 e. The van der Waals surface area contributed by atoms with Gasteiger partial charge in [0.25, 0.3) is 0 Å². The molecule has 0 atom stereocenters. The minimum absolute atomic E-state index is 0.148. The fourth-order valence-electron chi connectivity index (χ4n) is 9.34. The summed E-state index contributed by atoms with van der Waals surface area (Å²) >= 11 is 0. The maximum absolute atomic E-state index is 2.52. The first-order valence-electron chi connectivity index (χ1n) is 19.7. The molecule has 0 N–H and O–H groups in total. The smallest absolute Gasteiger partial charge is 0.0467 e. The molecule has 0 amide bonds. The number of rotatable bonds is 5. The van der Waals surface area contributed by atoms with Gasteiger partial charge in [0.05, 0.1) is 0 Å². The lowest BCUT2D eigenvalue weighted by molar-refractivity contribution is 0.332. The Labute approximate surface area is 324 Å². The number of para-hydroxylation sites is 1. The van der Waals surface area contributed by atoms with Gasteiger partial charge in [-0.3, -0.25) is 0 Å². The molecule has 0 bridgehead atoms. The highest BCUT2D eigenvalue weighted by Gasteiger charge is 2.37. The van der Waals surface area contributed by atoms with Crippen LogP contribution in [0.15, 0.2) is 176 Å². The van der Waals surface area contributed by atoms with Crippen molar-refractivity contribution in [1.29, 1.82) is 0 Å². The first-order valence-corrected chi connectivity index (χ1v) is 19.7. The van der Waals surface area contributed by atoms with Crippen LogP contribution >= 0.6 is 0 Å². The van der Waals surface area contributed by atoms with E-state index in [4.69, 9.17) is 0 Å². The standard InChI is InChI=1S/C54H45N/c1-53(2)29-30-54(3,4)52-35-49-39(34-51(52)53)17-14-26-43(49)38-16-13-21-42(32-38)55(40-18-6-5-7-19-40)41-20-12-15-36(31-41)37-27-28-48-46-24-9-8-22-44(46)45-23-10-11-25-47(45)50(48)33-37/h5-28,31-35H,29-30H2,1-4H3. The van der Waals surface area contributed by atoms with Crippen LogP contribution < -0.4 is 4.90 Å². The third kappa shape index (κ3) is 5.61. The molecule has 0 aromatic heterocycles. The summed E-state index contributed by atoms with van der Waals surface area (Å²) in [6, 6.07) is 65.3. The summed E-state index contributed by atoms with van der Waals surface area (Å²) in [6.45, 7) is 9.67. The average Bonchev–Trinajstić information content (AvgIpc) is 3.22. The summed E-state index contributed by atoms with van der Waals surface area (Å²) in [5, 5.41) is 10.4. The molecule has 1 nitrogen and oxygen atoms in total. The van der Waals surface area contributed by atoms with Crippen LogP contribution in [-0.2, 0) is 10.8 Å². The molecular formula is C54H45N. The lowest BCUT2D eigenvalue weighted by atomic mass is 9.62. The Morgan fingerprint density at radius 2 is 0.836 bits per heavy atom. The van der Waals surface area contributed by atoms with Crippen LogP contribution in [-0.4, -0.2) is 0 Å². The Kier molecular flexibility index (Phi) is 7.72. The second kappa shape index (κ2) is 12.7. The summed E-state index contributed by atoms with van der Waals surface area (Å²) in [6.07, 6.45) is 2.42. The summed E-state index contributed by atoms with van der Waals surface area (Å²) in [5.41, 5.74) is 11.6. The van der Waals surface area contributed by atoms with Crippen molar-refractivity contribution in [1.82, 2.24) is 0 Å². The highest BCUT2D eigenvalue weighted by molar-refractivity contribution is 6.25. The van der Waals surface area contributed by atoms with Crippen molar-refractivity contribution in [2.45, 2.75) is 51.4 Å². The van der Waals surface area contributed by atoms with Crippen molar-refractivity contribution < 1.29 is 0 Å². The van der Waals surface area contributed by atoms with Crippen LogP contribution in [0.3, 0.4) is 0 Å². The lowest BCUT2D eigenvalue weighted by Gasteiger charge is -2.42. The molecule has 0 unspecified atom stereocenters. The van der Waals surface area contributed by atoms with Crippen molar-refractivity contribution in [3.63, 3.8) is 0 Å². The summed E-state index contributed by atoms with van der Waals surface area (Å²) in [7, 11) is 0. The van der Waals surface area contributed by atoms with E-state index in [0.717, 1.165) is 17.1 Å². The monoisotopic (exact) mass is 707 g/mol. The maximum atomic E-state index is 2.52. The Morgan fingerprint density at radius 1 is 0.345 bits per heavy atom. The molecular weight excluding hydrogens is 663 g/mol. The van der Waals surface area contributed by atoms with Crippen molar-refractivity contribution in [3.05, 3.63) is 187 Å². The molecule has 0 saturated heterocycles. The molecule has 1 heteroatoms. The van der Waals surface area contributed by atoms with Crippen LogP contribution in [0.25, 0.3) is 65.3 Å². The molecule has 0 spiro atoms. The molecule has 10 rings (SSSR count). The molecule has 55 heavy (non-hydrogen) atoms. The summed E-state index contributed by atoms with van der Waals surface area (Å²) in [4.78, 5) is 2.40. The van der Waals surface area contributed by atoms with Crippen LogP contribution in [0.4, 0.5) is 17.1 Å². The fourth-order valence-corrected chi connectivity index (χ4v) is 9.34. The SMILES string of the molecule is CC1(C)CCC(C)(C)c2cc3c(-c4cccc(N(c5ccccc5)c5cccc(-c6ccc7c8ccccc8c8ccccc8c7c6)c5)c4)cccc3cc21.